The fourth-order valence-electron chi connectivity index (χ4n) is 1.69. The Morgan fingerprint density at radius 3 is 2.24 bits per heavy atom. The van der Waals surface area contributed by atoms with Crippen LogP contribution in [0.3, 0.4) is 0 Å². The first-order chi connectivity index (χ1) is 9.88. The molecule has 0 saturated carbocycles. The highest BCUT2D eigenvalue weighted by atomic mass is 16.3. The Labute approximate surface area is 119 Å². The van der Waals surface area contributed by atoms with Gasteiger partial charge in [0.25, 0.3) is 0 Å². The molecule has 0 radical (unpaired) electrons. The number of benzene rings is 2. The van der Waals surface area contributed by atoms with E-state index in [0.29, 0.717) is 0 Å². The molecule has 6 nitrogen and oxygen atoms in total. The zero-order valence-electron chi connectivity index (χ0n) is 10.7. The smallest absolute Gasteiger partial charge is 0.185 e. The van der Waals surface area contributed by atoms with Gasteiger partial charge in [-0.15, -0.1) is 0 Å². The summed E-state index contributed by atoms with van der Waals surface area (Å²) in [6.45, 7) is 0. The average Bonchev–Trinajstić information content (AvgIpc) is 2.43. The molecule has 0 aliphatic heterocycles. The van der Waals surface area contributed by atoms with Gasteiger partial charge in [-0.2, -0.15) is 0 Å². The molecular formula is C15H12O6. The fourth-order valence-corrected chi connectivity index (χ4v) is 1.69. The van der Waals surface area contributed by atoms with Gasteiger partial charge in [0.2, 0.25) is 0 Å². The second-order valence-corrected chi connectivity index (χ2v) is 4.30. The molecule has 21 heavy (non-hydrogen) atoms. The van der Waals surface area contributed by atoms with Crippen LogP contribution in [0, 0.1) is 0 Å². The van der Waals surface area contributed by atoms with Gasteiger partial charge in [0.15, 0.2) is 28.8 Å². The van der Waals surface area contributed by atoms with Crippen LogP contribution in [0.15, 0.2) is 36.4 Å². The van der Waals surface area contributed by atoms with Gasteiger partial charge in [-0.25, -0.2) is 0 Å². The normalized spacial score (nSPS) is 10.9. The van der Waals surface area contributed by atoms with Crippen molar-refractivity contribution >= 4 is 11.9 Å². The van der Waals surface area contributed by atoms with Crippen molar-refractivity contribution in [3.63, 3.8) is 0 Å². The molecule has 2 aromatic carbocycles. The lowest BCUT2D eigenvalue weighted by Gasteiger charge is -2.03. The van der Waals surface area contributed by atoms with Gasteiger partial charge in [0.05, 0.1) is 0 Å². The zero-order chi connectivity index (χ0) is 15.6. The Bertz CT molecular complexity index is 733. The molecule has 2 rings (SSSR count). The number of carbonyl (C=O) groups excluding carboxylic acids is 1. The molecule has 0 heterocycles. The molecule has 0 fully saturated rings. The maximum absolute atomic E-state index is 11.9. The SMILES string of the molecule is O=C(C=Cc1cc(O)cc(O)c1O)c1ccc(O)c(O)c1. The van der Waals surface area contributed by atoms with E-state index in [0.717, 1.165) is 18.2 Å². The van der Waals surface area contributed by atoms with Crippen molar-refractivity contribution in [2.75, 3.05) is 0 Å². The van der Waals surface area contributed by atoms with Crippen molar-refractivity contribution in [1.82, 2.24) is 0 Å². The van der Waals surface area contributed by atoms with Crippen molar-refractivity contribution in [3.05, 3.63) is 47.5 Å². The first-order valence-corrected chi connectivity index (χ1v) is 5.88. The third-order valence-corrected chi connectivity index (χ3v) is 2.78. The number of ketones is 1. The van der Waals surface area contributed by atoms with Gasteiger partial charge in [0, 0.05) is 17.2 Å². The average molecular weight is 288 g/mol. The predicted molar refractivity (Wildman–Crippen MR) is 74.6 cm³/mol. The Morgan fingerprint density at radius 1 is 0.857 bits per heavy atom. The number of phenolic OH excluding ortho intramolecular Hbond substituents is 5. The minimum Gasteiger partial charge on any atom is -0.508 e. The zero-order valence-corrected chi connectivity index (χ0v) is 10.7. The molecule has 108 valence electrons. The predicted octanol–water partition coefficient (Wildman–Crippen LogP) is 2.11. The summed E-state index contributed by atoms with van der Waals surface area (Å²) >= 11 is 0. The quantitative estimate of drug-likeness (QED) is 0.255. The van der Waals surface area contributed by atoms with E-state index in [2.05, 4.69) is 0 Å². The van der Waals surface area contributed by atoms with E-state index in [1.807, 2.05) is 0 Å². The Balaban J connectivity index is 2.29. The van der Waals surface area contributed by atoms with Crippen LogP contribution in [0.1, 0.15) is 15.9 Å². The number of aromatic hydroxyl groups is 5. The highest BCUT2D eigenvalue weighted by Gasteiger charge is 2.09. The summed E-state index contributed by atoms with van der Waals surface area (Å²) in [6.07, 6.45) is 2.31. The third kappa shape index (κ3) is 3.06. The second-order valence-electron chi connectivity index (χ2n) is 4.30. The van der Waals surface area contributed by atoms with Crippen LogP contribution in [-0.2, 0) is 0 Å². The largest absolute Gasteiger partial charge is 0.508 e. The van der Waals surface area contributed by atoms with Crippen molar-refractivity contribution < 1.29 is 30.3 Å². The lowest BCUT2D eigenvalue weighted by Crippen LogP contribution is -1.93. The van der Waals surface area contributed by atoms with Gasteiger partial charge < -0.3 is 25.5 Å². The molecule has 5 N–H and O–H groups in total. The van der Waals surface area contributed by atoms with Crippen LogP contribution >= 0.6 is 0 Å². The van der Waals surface area contributed by atoms with Gasteiger partial charge in [0.1, 0.15) is 5.75 Å². The summed E-state index contributed by atoms with van der Waals surface area (Å²) in [4.78, 5) is 11.9. The van der Waals surface area contributed by atoms with Crippen LogP contribution in [0.5, 0.6) is 28.7 Å². The summed E-state index contributed by atoms with van der Waals surface area (Å²) in [5.41, 5.74) is 0.189. The summed E-state index contributed by atoms with van der Waals surface area (Å²) < 4.78 is 0. The van der Waals surface area contributed by atoms with Crippen LogP contribution in [0.25, 0.3) is 6.08 Å². The summed E-state index contributed by atoms with van der Waals surface area (Å²) in [5, 5.41) is 46.7. The fraction of sp³-hybridized carbons (Fsp3) is 0. The first kappa shape index (κ1) is 14.3. The number of rotatable bonds is 3. The molecule has 0 amide bonds. The van der Waals surface area contributed by atoms with E-state index in [1.54, 1.807) is 0 Å². The third-order valence-electron chi connectivity index (χ3n) is 2.78. The number of hydrogen-bond acceptors (Lipinski definition) is 6. The molecule has 0 atom stereocenters. The molecular weight excluding hydrogens is 276 g/mol. The van der Waals surface area contributed by atoms with E-state index in [-0.39, 0.29) is 22.6 Å². The van der Waals surface area contributed by atoms with E-state index in [9.17, 15) is 25.2 Å². The summed E-state index contributed by atoms with van der Waals surface area (Å²) in [5.74, 6) is -2.50. The summed E-state index contributed by atoms with van der Waals surface area (Å²) in [6, 6.07) is 5.73. The number of carbonyl (C=O) groups is 1. The van der Waals surface area contributed by atoms with Gasteiger partial charge in [-0.3, -0.25) is 4.79 Å². The molecule has 0 aliphatic carbocycles. The lowest BCUT2D eigenvalue weighted by atomic mass is 10.1. The van der Waals surface area contributed by atoms with Crippen molar-refractivity contribution in [3.8, 4) is 28.7 Å². The maximum Gasteiger partial charge on any atom is 0.185 e. The number of allylic oxidation sites excluding steroid dienone is 1. The van der Waals surface area contributed by atoms with Crippen LogP contribution in [0.2, 0.25) is 0 Å². The highest BCUT2D eigenvalue weighted by Crippen LogP contribution is 2.34. The van der Waals surface area contributed by atoms with E-state index in [1.165, 1.54) is 24.3 Å². The Hall–Kier alpha value is -3.15. The second kappa shape index (κ2) is 5.46. The Kier molecular flexibility index (Phi) is 3.71. The van der Waals surface area contributed by atoms with Crippen LogP contribution in [0.4, 0.5) is 0 Å². The first-order valence-electron chi connectivity index (χ1n) is 5.88. The molecule has 0 spiro atoms. The lowest BCUT2D eigenvalue weighted by molar-refractivity contribution is 0.104. The molecule has 0 saturated heterocycles. The number of phenols is 5. The molecule has 0 aliphatic rings. The number of hydrogen-bond donors (Lipinski definition) is 5. The van der Waals surface area contributed by atoms with Crippen molar-refractivity contribution in [2.24, 2.45) is 0 Å². The highest BCUT2D eigenvalue weighted by molar-refractivity contribution is 6.07. The molecule has 0 aromatic heterocycles. The van der Waals surface area contributed by atoms with Crippen molar-refractivity contribution in [1.29, 1.82) is 0 Å². The van der Waals surface area contributed by atoms with Gasteiger partial charge in [-0.1, -0.05) is 0 Å². The summed E-state index contributed by atoms with van der Waals surface area (Å²) in [7, 11) is 0. The van der Waals surface area contributed by atoms with E-state index >= 15 is 0 Å². The topological polar surface area (TPSA) is 118 Å². The van der Waals surface area contributed by atoms with Gasteiger partial charge in [-0.05, 0) is 36.4 Å². The minimum atomic E-state index is -0.510. The molecule has 6 heteroatoms. The van der Waals surface area contributed by atoms with Crippen LogP contribution < -0.4 is 0 Å². The van der Waals surface area contributed by atoms with Crippen LogP contribution in [-0.4, -0.2) is 31.3 Å². The van der Waals surface area contributed by atoms with E-state index in [4.69, 9.17) is 5.11 Å². The Morgan fingerprint density at radius 2 is 1.57 bits per heavy atom. The van der Waals surface area contributed by atoms with Crippen molar-refractivity contribution in [2.45, 2.75) is 0 Å². The molecule has 2 aromatic rings. The van der Waals surface area contributed by atoms with E-state index < -0.39 is 23.0 Å². The minimum absolute atomic E-state index is 0.0591. The maximum atomic E-state index is 11.9. The monoisotopic (exact) mass is 288 g/mol. The molecule has 0 bridgehead atoms. The standard InChI is InChI=1S/C15H12O6/c16-10-5-9(15(21)14(20)7-10)2-3-11(17)8-1-4-12(18)13(19)6-8/h1-7,16,18-21H. The molecule has 0 unspecified atom stereocenters. The van der Waals surface area contributed by atoms with Gasteiger partial charge >= 0.3 is 0 Å².